The number of carbonyl (C=O) groups is 1. The maximum atomic E-state index is 11.9. The van der Waals surface area contributed by atoms with Gasteiger partial charge in [0.25, 0.3) is 0 Å². The van der Waals surface area contributed by atoms with Gasteiger partial charge < -0.3 is 9.64 Å². The van der Waals surface area contributed by atoms with Crippen LogP contribution in [-0.2, 0) is 16.0 Å². The fourth-order valence-corrected chi connectivity index (χ4v) is 2.17. The highest BCUT2D eigenvalue weighted by atomic mass is 35.5. The van der Waals surface area contributed by atoms with Crippen LogP contribution in [0.15, 0.2) is 12.1 Å². The van der Waals surface area contributed by atoms with E-state index in [2.05, 4.69) is 4.98 Å². The minimum Gasteiger partial charge on any atom is -0.383 e. The van der Waals surface area contributed by atoms with Crippen molar-refractivity contribution in [3.63, 3.8) is 0 Å². The van der Waals surface area contributed by atoms with Gasteiger partial charge >= 0.3 is 0 Å². The second-order valence-corrected chi connectivity index (χ2v) is 4.51. The number of carbonyl (C=O) groups excluding carboxylic acids is 1. The highest BCUT2D eigenvalue weighted by Gasteiger charge is 2.30. The van der Waals surface area contributed by atoms with Crippen LogP contribution in [0.4, 0.5) is 5.82 Å². The molecule has 0 N–H and O–H groups in total. The summed E-state index contributed by atoms with van der Waals surface area (Å²) < 4.78 is 5.06. The lowest BCUT2D eigenvalue weighted by molar-refractivity contribution is -0.119. The molecule has 4 nitrogen and oxygen atoms in total. The Morgan fingerprint density at radius 1 is 1.59 bits per heavy atom. The Kier molecular flexibility index (Phi) is 3.64. The summed E-state index contributed by atoms with van der Waals surface area (Å²) in [5.41, 5.74) is 0.939. The van der Waals surface area contributed by atoms with Gasteiger partial charge in [-0.15, -0.1) is 0 Å². The van der Waals surface area contributed by atoms with Crippen molar-refractivity contribution in [3.05, 3.63) is 22.8 Å². The number of anilines is 1. The van der Waals surface area contributed by atoms with Gasteiger partial charge in [0.15, 0.2) is 5.78 Å². The number of rotatable bonds is 3. The lowest BCUT2D eigenvalue weighted by Crippen LogP contribution is -2.46. The van der Waals surface area contributed by atoms with Gasteiger partial charge in [-0.25, -0.2) is 4.98 Å². The zero-order chi connectivity index (χ0) is 12.4. The van der Waals surface area contributed by atoms with E-state index >= 15 is 0 Å². The third kappa shape index (κ3) is 2.42. The van der Waals surface area contributed by atoms with Gasteiger partial charge in [0.1, 0.15) is 11.0 Å². The van der Waals surface area contributed by atoms with Crippen LogP contribution in [-0.4, -0.2) is 37.1 Å². The molecule has 92 valence electrons. The Morgan fingerprint density at radius 3 is 3.06 bits per heavy atom. The van der Waals surface area contributed by atoms with Crippen LogP contribution < -0.4 is 4.90 Å². The van der Waals surface area contributed by atoms with Crippen LogP contribution in [0.3, 0.4) is 0 Å². The molecule has 1 atom stereocenters. The summed E-state index contributed by atoms with van der Waals surface area (Å²) in [5, 5.41) is 0.452. The summed E-state index contributed by atoms with van der Waals surface area (Å²) in [6, 6.07) is 3.43. The molecule has 0 radical (unpaired) electrons. The van der Waals surface area contributed by atoms with Crippen molar-refractivity contribution in [3.8, 4) is 0 Å². The van der Waals surface area contributed by atoms with Crippen molar-refractivity contribution in [1.82, 2.24) is 4.98 Å². The van der Waals surface area contributed by atoms with Gasteiger partial charge in [0.05, 0.1) is 12.6 Å². The van der Waals surface area contributed by atoms with Gasteiger partial charge in [-0.1, -0.05) is 17.7 Å². The van der Waals surface area contributed by atoms with Crippen molar-refractivity contribution in [2.45, 2.75) is 19.4 Å². The van der Waals surface area contributed by atoms with Crippen molar-refractivity contribution >= 4 is 23.2 Å². The smallest absolute Gasteiger partial charge is 0.159 e. The topological polar surface area (TPSA) is 42.4 Å². The third-order valence-corrected chi connectivity index (χ3v) is 3.24. The molecular weight excluding hydrogens is 240 g/mol. The number of Topliss-reactive ketones (excluding diaryl/α,β-unsaturated/α-hetero) is 1. The van der Waals surface area contributed by atoms with E-state index in [1.807, 2.05) is 17.9 Å². The molecule has 0 amide bonds. The zero-order valence-electron chi connectivity index (χ0n) is 9.94. The summed E-state index contributed by atoms with van der Waals surface area (Å²) in [5.74, 6) is 1.01. The Bertz CT molecular complexity index is 437. The summed E-state index contributed by atoms with van der Waals surface area (Å²) in [4.78, 5) is 18.1. The first-order valence-electron chi connectivity index (χ1n) is 5.57. The van der Waals surface area contributed by atoms with Crippen LogP contribution in [0.5, 0.6) is 0 Å². The molecule has 2 rings (SSSR count). The van der Waals surface area contributed by atoms with E-state index in [1.165, 1.54) is 0 Å². The van der Waals surface area contributed by atoms with E-state index < -0.39 is 0 Å². The van der Waals surface area contributed by atoms with Crippen LogP contribution in [0.1, 0.15) is 12.5 Å². The standard InChI is InChI=1S/C12H15ClN2O2/c1-8-10(16)7-9-3-4-11(13)14-12(9)15(8)5-6-17-2/h3-4,8H,5-7H2,1-2H3. The highest BCUT2D eigenvalue weighted by molar-refractivity contribution is 6.29. The van der Waals surface area contributed by atoms with E-state index in [-0.39, 0.29) is 11.8 Å². The SMILES string of the molecule is COCCN1c2nc(Cl)ccc2CC(=O)C1C. The molecule has 0 saturated heterocycles. The van der Waals surface area contributed by atoms with Crippen LogP contribution in [0.25, 0.3) is 0 Å². The number of halogens is 1. The number of ether oxygens (including phenoxy) is 1. The quantitative estimate of drug-likeness (QED) is 0.770. The molecule has 1 aliphatic rings. The predicted octanol–water partition coefficient (Wildman–Crippen LogP) is 1.70. The maximum Gasteiger partial charge on any atom is 0.159 e. The number of aromatic nitrogens is 1. The number of hydrogen-bond acceptors (Lipinski definition) is 4. The van der Waals surface area contributed by atoms with E-state index in [0.717, 1.165) is 11.4 Å². The number of methoxy groups -OCH3 is 1. The average Bonchev–Trinajstić information content (AvgIpc) is 2.31. The van der Waals surface area contributed by atoms with Gasteiger partial charge in [0.2, 0.25) is 0 Å². The van der Waals surface area contributed by atoms with Crippen molar-refractivity contribution in [2.24, 2.45) is 0 Å². The fraction of sp³-hybridized carbons (Fsp3) is 0.500. The minimum atomic E-state index is -0.163. The van der Waals surface area contributed by atoms with Crippen molar-refractivity contribution < 1.29 is 9.53 Å². The summed E-state index contributed by atoms with van der Waals surface area (Å²) >= 11 is 5.91. The summed E-state index contributed by atoms with van der Waals surface area (Å²) in [6.07, 6.45) is 0.435. The minimum absolute atomic E-state index is 0.163. The molecule has 0 aromatic carbocycles. The monoisotopic (exact) mass is 254 g/mol. The first-order valence-corrected chi connectivity index (χ1v) is 5.95. The first kappa shape index (κ1) is 12.3. The summed E-state index contributed by atoms with van der Waals surface area (Å²) in [6.45, 7) is 3.10. The Morgan fingerprint density at radius 2 is 2.35 bits per heavy atom. The first-order chi connectivity index (χ1) is 8.13. The Labute approximate surface area is 106 Å². The van der Waals surface area contributed by atoms with Gasteiger partial charge in [-0.3, -0.25) is 4.79 Å². The van der Waals surface area contributed by atoms with Gasteiger partial charge in [0, 0.05) is 25.6 Å². The number of ketones is 1. The van der Waals surface area contributed by atoms with Crippen LogP contribution in [0, 0.1) is 0 Å². The molecule has 2 heterocycles. The van der Waals surface area contributed by atoms with E-state index in [1.54, 1.807) is 13.2 Å². The molecule has 5 heteroatoms. The molecule has 1 aliphatic heterocycles. The predicted molar refractivity (Wildman–Crippen MR) is 66.6 cm³/mol. The molecule has 1 aromatic heterocycles. The molecule has 0 aliphatic carbocycles. The maximum absolute atomic E-state index is 11.9. The number of hydrogen-bond donors (Lipinski definition) is 0. The molecule has 0 bridgehead atoms. The molecule has 17 heavy (non-hydrogen) atoms. The molecule has 0 spiro atoms. The molecule has 0 saturated carbocycles. The Balaban J connectivity index is 2.36. The second kappa shape index (κ2) is 5.02. The number of fused-ring (bicyclic) bond motifs is 1. The zero-order valence-corrected chi connectivity index (χ0v) is 10.7. The number of nitrogens with zero attached hydrogens (tertiary/aromatic N) is 2. The highest BCUT2D eigenvalue weighted by Crippen LogP contribution is 2.28. The molecule has 1 unspecified atom stereocenters. The number of pyridine rings is 1. The van der Waals surface area contributed by atoms with Gasteiger partial charge in [-0.2, -0.15) is 0 Å². The van der Waals surface area contributed by atoms with E-state index in [0.29, 0.717) is 24.7 Å². The largest absolute Gasteiger partial charge is 0.383 e. The third-order valence-electron chi connectivity index (χ3n) is 3.03. The fourth-order valence-electron chi connectivity index (χ4n) is 2.02. The molecular formula is C12H15ClN2O2. The van der Waals surface area contributed by atoms with Gasteiger partial charge in [-0.05, 0) is 13.0 Å². The van der Waals surface area contributed by atoms with Crippen LogP contribution in [0.2, 0.25) is 5.15 Å². The van der Waals surface area contributed by atoms with Crippen LogP contribution >= 0.6 is 11.6 Å². The average molecular weight is 255 g/mol. The lowest BCUT2D eigenvalue weighted by atomic mass is 9.98. The molecule has 1 aromatic rings. The lowest BCUT2D eigenvalue weighted by Gasteiger charge is -2.34. The summed E-state index contributed by atoms with van der Waals surface area (Å²) in [7, 11) is 1.64. The normalized spacial score (nSPS) is 19.4. The van der Waals surface area contributed by atoms with E-state index in [4.69, 9.17) is 16.3 Å². The molecule has 0 fully saturated rings. The van der Waals surface area contributed by atoms with Crippen molar-refractivity contribution in [1.29, 1.82) is 0 Å². The Hall–Kier alpha value is -1.13. The second-order valence-electron chi connectivity index (χ2n) is 4.12. The van der Waals surface area contributed by atoms with E-state index in [9.17, 15) is 4.79 Å². The van der Waals surface area contributed by atoms with Crippen molar-refractivity contribution in [2.75, 3.05) is 25.2 Å².